The average Bonchev–Trinajstić information content (AvgIpc) is 3.01. The van der Waals surface area contributed by atoms with Crippen LogP contribution in [0.4, 0.5) is 0 Å². The van der Waals surface area contributed by atoms with Crippen molar-refractivity contribution in [2.75, 3.05) is 13.1 Å². The number of thiocarbonyl (C=S) groups is 1. The average molecular weight is 318 g/mol. The molecule has 0 aromatic carbocycles. The first-order valence-corrected chi connectivity index (χ1v) is 9.01. The highest BCUT2D eigenvalue weighted by Crippen LogP contribution is 2.33. The van der Waals surface area contributed by atoms with Crippen molar-refractivity contribution >= 4 is 38.6 Å². The first kappa shape index (κ1) is 14.9. The lowest BCUT2D eigenvalue weighted by Crippen LogP contribution is -2.33. The Morgan fingerprint density at radius 2 is 2.21 bits per heavy atom. The van der Waals surface area contributed by atoms with Crippen molar-refractivity contribution in [3.05, 3.63) is 17.0 Å². The SMILES string of the molecule is CCCN(CC1CC1)S(=O)(=O)c1ccc(C(N)=S)s1. The Kier molecular flexibility index (Phi) is 4.60. The van der Waals surface area contributed by atoms with Crippen LogP contribution in [-0.2, 0) is 10.0 Å². The molecule has 2 rings (SSSR count). The zero-order valence-corrected chi connectivity index (χ0v) is 13.3. The lowest BCUT2D eigenvalue weighted by atomic mass is 10.4. The molecule has 1 heterocycles. The van der Waals surface area contributed by atoms with Gasteiger partial charge in [-0.05, 0) is 37.3 Å². The molecule has 7 heteroatoms. The van der Waals surface area contributed by atoms with Gasteiger partial charge < -0.3 is 5.73 Å². The van der Waals surface area contributed by atoms with Gasteiger partial charge in [-0.3, -0.25) is 0 Å². The molecular formula is C12H18N2O2S3. The predicted molar refractivity (Wildman–Crippen MR) is 82.0 cm³/mol. The molecule has 1 fully saturated rings. The molecule has 0 saturated heterocycles. The molecule has 0 unspecified atom stereocenters. The second-order valence-electron chi connectivity index (χ2n) is 4.79. The van der Waals surface area contributed by atoms with Gasteiger partial charge in [0.2, 0.25) is 0 Å². The second kappa shape index (κ2) is 5.87. The van der Waals surface area contributed by atoms with Crippen LogP contribution < -0.4 is 5.73 Å². The van der Waals surface area contributed by atoms with E-state index in [1.165, 1.54) is 0 Å². The van der Waals surface area contributed by atoms with E-state index in [2.05, 4.69) is 0 Å². The predicted octanol–water partition coefficient (Wildman–Crippen LogP) is 2.19. The highest BCUT2D eigenvalue weighted by Gasteiger charge is 2.32. The highest BCUT2D eigenvalue weighted by molar-refractivity contribution is 7.91. The number of thiophene rings is 1. The van der Waals surface area contributed by atoms with E-state index in [9.17, 15) is 8.42 Å². The van der Waals surface area contributed by atoms with Gasteiger partial charge in [-0.25, -0.2) is 8.42 Å². The topological polar surface area (TPSA) is 63.4 Å². The Morgan fingerprint density at radius 1 is 1.53 bits per heavy atom. The molecule has 0 bridgehead atoms. The normalized spacial score (nSPS) is 15.9. The Labute approximate surface area is 123 Å². The van der Waals surface area contributed by atoms with Crippen LogP contribution in [0.15, 0.2) is 16.3 Å². The van der Waals surface area contributed by atoms with Crippen molar-refractivity contribution < 1.29 is 8.42 Å². The Bertz CT molecular complexity index is 561. The van der Waals surface area contributed by atoms with Crippen molar-refractivity contribution in [3.8, 4) is 0 Å². The molecule has 0 aliphatic heterocycles. The zero-order chi connectivity index (χ0) is 14.0. The van der Waals surface area contributed by atoms with Crippen LogP contribution in [0.3, 0.4) is 0 Å². The molecule has 19 heavy (non-hydrogen) atoms. The summed E-state index contributed by atoms with van der Waals surface area (Å²) in [6.07, 6.45) is 3.09. The van der Waals surface area contributed by atoms with Crippen molar-refractivity contribution in [1.82, 2.24) is 4.31 Å². The van der Waals surface area contributed by atoms with E-state index in [1.807, 2.05) is 6.92 Å². The van der Waals surface area contributed by atoms with Crippen LogP contribution in [0, 0.1) is 5.92 Å². The fourth-order valence-corrected chi connectivity index (χ4v) is 4.98. The van der Waals surface area contributed by atoms with Gasteiger partial charge in [0.15, 0.2) is 0 Å². The van der Waals surface area contributed by atoms with E-state index in [0.29, 0.717) is 28.1 Å². The van der Waals surface area contributed by atoms with Gasteiger partial charge in [-0.1, -0.05) is 19.1 Å². The molecule has 1 aliphatic rings. The van der Waals surface area contributed by atoms with Gasteiger partial charge in [0.25, 0.3) is 10.0 Å². The van der Waals surface area contributed by atoms with Crippen molar-refractivity contribution in [2.45, 2.75) is 30.4 Å². The summed E-state index contributed by atoms with van der Waals surface area (Å²) in [6.45, 7) is 3.19. The third-order valence-corrected chi connectivity index (χ3v) is 6.85. The number of sulfonamides is 1. The molecule has 1 aromatic rings. The van der Waals surface area contributed by atoms with E-state index in [1.54, 1.807) is 16.4 Å². The summed E-state index contributed by atoms with van der Waals surface area (Å²) in [5.41, 5.74) is 5.53. The summed E-state index contributed by atoms with van der Waals surface area (Å²) in [7, 11) is -3.39. The zero-order valence-electron chi connectivity index (χ0n) is 10.8. The lowest BCUT2D eigenvalue weighted by Gasteiger charge is -2.20. The van der Waals surface area contributed by atoms with Gasteiger partial charge in [0, 0.05) is 13.1 Å². The number of hydrogen-bond donors (Lipinski definition) is 1. The quantitative estimate of drug-likeness (QED) is 0.783. The Hall–Kier alpha value is -0.500. The van der Waals surface area contributed by atoms with Crippen molar-refractivity contribution in [1.29, 1.82) is 0 Å². The third kappa shape index (κ3) is 3.53. The summed E-state index contributed by atoms with van der Waals surface area (Å²) in [5.74, 6) is 0.538. The fourth-order valence-electron chi connectivity index (χ4n) is 1.87. The van der Waals surface area contributed by atoms with Gasteiger partial charge in [0.1, 0.15) is 9.20 Å². The minimum atomic E-state index is -3.39. The summed E-state index contributed by atoms with van der Waals surface area (Å²) >= 11 is 6.03. The van der Waals surface area contributed by atoms with Crippen LogP contribution in [0.1, 0.15) is 31.1 Å². The van der Waals surface area contributed by atoms with Crippen LogP contribution >= 0.6 is 23.6 Å². The van der Waals surface area contributed by atoms with Gasteiger partial charge >= 0.3 is 0 Å². The summed E-state index contributed by atoms with van der Waals surface area (Å²) in [4.78, 5) is 0.895. The third-order valence-electron chi connectivity index (χ3n) is 3.05. The molecule has 1 saturated carbocycles. The molecule has 0 amide bonds. The Balaban J connectivity index is 2.23. The maximum absolute atomic E-state index is 12.6. The van der Waals surface area contributed by atoms with Crippen LogP contribution in [-0.4, -0.2) is 30.8 Å². The van der Waals surface area contributed by atoms with Crippen LogP contribution in [0.25, 0.3) is 0 Å². The van der Waals surface area contributed by atoms with Gasteiger partial charge in [0.05, 0.1) is 4.88 Å². The van der Waals surface area contributed by atoms with E-state index >= 15 is 0 Å². The molecule has 0 atom stereocenters. The highest BCUT2D eigenvalue weighted by atomic mass is 32.2. The summed E-state index contributed by atoms with van der Waals surface area (Å²) in [5, 5.41) is 0. The first-order valence-electron chi connectivity index (χ1n) is 6.35. The van der Waals surface area contributed by atoms with E-state index in [4.69, 9.17) is 18.0 Å². The molecule has 106 valence electrons. The maximum atomic E-state index is 12.6. The number of hydrogen-bond acceptors (Lipinski definition) is 4. The van der Waals surface area contributed by atoms with Crippen LogP contribution in [0.2, 0.25) is 0 Å². The minimum absolute atomic E-state index is 0.246. The standard InChI is InChI=1S/C12H18N2O2S3/c1-2-7-14(8-9-3-4-9)19(15,16)11-6-5-10(18-11)12(13)17/h5-6,9H,2-4,7-8H2,1H3,(H2,13,17). The number of nitrogens with two attached hydrogens (primary N) is 1. The Morgan fingerprint density at radius 3 is 2.68 bits per heavy atom. The molecule has 0 spiro atoms. The number of rotatable bonds is 7. The second-order valence-corrected chi connectivity index (χ2v) is 8.48. The summed E-state index contributed by atoms with van der Waals surface area (Å²) < 4.78 is 27.1. The van der Waals surface area contributed by atoms with Crippen LogP contribution in [0.5, 0.6) is 0 Å². The van der Waals surface area contributed by atoms with Gasteiger partial charge in [-0.15, -0.1) is 11.3 Å². The van der Waals surface area contributed by atoms with Gasteiger partial charge in [-0.2, -0.15) is 4.31 Å². The smallest absolute Gasteiger partial charge is 0.252 e. The monoisotopic (exact) mass is 318 g/mol. The lowest BCUT2D eigenvalue weighted by molar-refractivity contribution is 0.397. The molecule has 1 aliphatic carbocycles. The van der Waals surface area contributed by atoms with Crippen molar-refractivity contribution in [3.63, 3.8) is 0 Å². The molecule has 0 radical (unpaired) electrons. The fraction of sp³-hybridized carbons (Fsp3) is 0.583. The largest absolute Gasteiger partial charge is 0.389 e. The molecule has 4 nitrogen and oxygen atoms in total. The molecular weight excluding hydrogens is 300 g/mol. The van der Waals surface area contributed by atoms with E-state index in [0.717, 1.165) is 30.6 Å². The molecule has 2 N–H and O–H groups in total. The van der Waals surface area contributed by atoms with E-state index in [-0.39, 0.29) is 4.99 Å². The van der Waals surface area contributed by atoms with E-state index < -0.39 is 10.0 Å². The summed E-state index contributed by atoms with van der Waals surface area (Å²) in [6, 6.07) is 3.28. The van der Waals surface area contributed by atoms with Crippen molar-refractivity contribution in [2.24, 2.45) is 11.7 Å². The molecule has 1 aromatic heterocycles. The minimum Gasteiger partial charge on any atom is -0.389 e. The maximum Gasteiger partial charge on any atom is 0.252 e. The number of nitrogens with zero attached hydrogens (tertiary/aromatic N) is 1. The first-order chi connectivity index (χ1) is 8.95.